The molecule has 19 heavy (non-hydrogen) atoms. The number of para-hydroxylation sites is 1. The van der Waals surface area contributed by atoms with E-state index in [0.29, 0.717) is 13.1 Å². The molecule has 1 aromatic carbocycles. The van der Waals surface area contributed by atoms with Crippen LogP contribution in [0.1, 0.15) is 40.2 Å². The second-order valence-corrected chi connectivity index (χ2v) is 6.94. The molecule has 1 heterocycles. The highest BCUT2D eigenvalue weighted by Crippen LogP contribution is 2.35. The van der Waals surface area contributed by atoms with Gasteiger partial charge in [0.1, 0.15) is 0 Å². The van der Waals surface area contributed by atoms with E-state index in [2.05, 4.69) is 63.0 Å². The van der Waals surface area contributed by atoms with Crippen molar-refractivity contribution in [3.8, 4) is 0 Å². The molecule has 0 aromatic heterocycles. The van der Waals surface area contributed by atoms with E-state index in [1.807, 2.05) is 6.07 Å². The third-order valence-corrected chi connectivity index (χ3v) is 3.75. The van der Waals surface area contributed by atoms with Crippen LogP contribution in [0, 0.1) is 0 Å². The van der Waals surface area contributed by atoms with Gasteiger partial charge in [-0.3, -0.25) is 4.79 Å². The Morgan fingerprint density at radius 2 is 1.84 bits per heavy atom. The maximum atomic E-state index is 11.7. The zero-order valence-electron chi connectivity index (χ0n) is 12.6. The van der Waals surface area contributed by atoms with Crippen LogP contribution in [-0.4, -0.2) is 24.5 Å². The lowest BCUT2D eigenvalue weighted by Crippen LogP contribution is -2.61. The summed E-state index contributed by atoms with van der Waals surface area (Å²) in [5.74, 6) is 0.100. The molecule has 1 N–H and O–H groups in total. The van der Waals surface area contributed by atoms with Crippen LogP contribution < -0.4 is 10.2 Å². The maximum Gasteiger partial charge on any atom is 0.239 e. The molecule has 0 bridgehead atoms. The zero-order valence-corrected chi connectivity index (χ0v) is 12.6. The van der Waals surface area contributed by atoms with Crippen molar-refractivity contribution in [1.82, 2.24) is 5.32 Å². The fourth-order valence-electron chi connectivity index (χ4n) is 2.58. The van der Waals surface area contributed by atoms with Gasteiger partial charge in [0.25, 0.3) is 0 Å². The number of nitrogens with zero attached hydrogens (tertiary/aromatic N) is 1. The molecule has 0 spiro atoms. The van der Waals surface area contributed by atoms with Crippen LogP contribution in [0.5, 0.6) is 0 Å². The SMILES string of the molecule is CC(C)(C)c1ccccc1N1CC(=O)NCC1(C)C. The largest absolute Gasteiger partial charge is 0.355 e. The lowest BCUT2D eigenvalue weighted by Gasteiger charge is -2.45. The van der Waals surface area contributed by atoms with Gasteiger partial charge in [-0.2, -0.15) is 0 Å². The first-order chi connectivity index (χ1) is 8.72. The minimum Gasteiger partial charge on any atom is -0.355 e. The van der Waals surface area contributed by atoms with Crippen molar-refractivity contribution in [3.63, 3.8) is 0 Å². The second kappa shape index (κ2) is 4.55. The van der Waals surface area contributed by atoms with Gasteiger partial charge in [0.2, 0.25) is 5.91 Å². The molecule has 0 unspecified atom stereocenters. The smallest absolute Gasteiger partial charge is 0.239 e. The number of amides is 1. The maximum absolute atomic E-state index is 11.7. The molecular weight excluding hydrogens is 236 g/mol. The van der Waals surface area contributed by atoms with E-state index >= 15 is 0 Å². The first kappa shape index (κ1) is 13.9. The Balaban J connectivity index is 2.48. The number of benzene rings is 1. The van der Waals surface area contributed by atoms with Crippen LogP contribution >= 0.6 is 0 Å². The molecule has 0 radical (unpaired) electrons. The number of carbonyl (C=O) groups excluding carboxylic acids is 1. The van der Waals surface area contributed by atoms with Crippen molar-refractivity contribution in [3.05, 3.63) is 29.8 Å². The van der Waals surface area contributed by atoms with Crippen molar-refractivity contribution < 1.29 is 4.79 Å². The van der Waals surface area contributed by atoms with Crippen molar-refractivity contribution >= 4 is 11.6 Å². The molecule has 3 heteroatoms. The Labute approximate surface area is 116 Å². The highest BCUT2D eigenvalue weighted by Gasteiger charge is 2.35. The first-order valence-electron chi connectivity index (χ1n) is 6.86. The molecule has 2 rings (SSSR count). The number of hydrogen-bond donors (Lipinski definition) is 1. The van der Waals surface area contributed by atoms with Crippen molar-refractivity contribution in [2.75, 3.05) is 18.0 Å². The van der Waals surface area contributed by atoms with Crippen LogP contribution in [0.3, 0.4) is 0 Å². The highest BCUT2D eigenvalue weighted by molar-refractivity contribution is 5.84. The topological polar surface area (TPSA) is 32.3 Å². The van der Waals surface area contributed by atoms with E-state index in [1.165, 1.54) is 11.3 Å². The molecule has 1 aliphatic heterocycles. The van der Waals surface area contributed by atoms with Gasteiger partial charge in [-0.05, 0) is 30.9 Å². The molecule has 1 amide bonds. The number of nitrogens with one attached hydrogen (secondary N) is 1. The van der Waals surface area contributed by atoms with Crippen LogP contribution in [0.2, 0.25) is 0 Å². The van der Waals surface area contributed by atoms with Crippen molar-refractivity contribution in [2.45, 2.75) is 45.6 Å². The molecular formula is C16H24N2O. The normalized spacial score (nSPS) is 19.2. The molecule has 1 aliphatic rings. The fourth-order valence-corrected chi connectivity index (χ4v) is 2.58. The number of piperazine rings is 1. The third-order valence-electron chi connectivity index (χ3n) is 3.75. The summed E-state index contributed by atoms with van der Waals surface area (Å²) in [6.45, 7) is 12.1. The second-order valence-electron chi connectivity index (χ2n) is 6.94. The predicted octanol–water partition coefficient (Wildman–Crippen LogP) is 2.70. The van der Waals surface area contributed by atoms with Gasteiger partial charge in [0.15, 0.2) is 0 Å². The van der Waals surface area contributed by atoms with E-state index in [0.717, 1.165) is 0 Å². The average Bonchev–Trinajstić information content (AvgIpc) is 2.31. The summed E-state index contributed by atoms with van der Waals surface area (Å²) in [7, 11) is 0. The Morgan fingerprint density at radius 1 is 1.21 bits per heavy atom. The summed E-state index contributed by atoms with van der Waals surface area (Å²) in [5.41, 5.74) is 2.48. The van der Waals surface area contributed by atoms with Crippen LogP contribution in [0.25, 0.3) is 0 Å². The molecule has 0 atom stereocenters. The summed E-state index contributed by atoms with van der Waals surface area (Å²) in [6.07, 6.45) is 0. The predicted molar refractivity (Wildman–Crippen MR) is 79.6 cm³/mol. The summed E-state index contributed by atoms with van der Waals surface area (Å²) in [4.78, 5) is 14.0. The average molecular weight is 260 g/mol. The third kappa shape index (κ3) is 2.75. The summed E-state index contributed by atoms with van der Waals surface area (Å²) < 4.78 is 0. The molecule has 1 saturated heterocycles. The van der Waals surface area contributed by atoms with Crippen molar-refractivity contribution in [1.29, 1.82) is 0 Å². The fraction of sp³-hybridized carbons (Fsp3) is 0.562. The van der Waals surface area contributed by atoms with E-state index in [-0.39, 0.29) is 16.9 Å². The molecule has 0 aliphatic carbocycles. The molecule has 3 nitrogen and oxygen atoms in total. The zero-order chi connectivity index (χ0) is 14.3. The lowest BCUT2D eigenvalue weighted by atomic mass is 9.84. The van der Waals surface area contributed by atoms with Gasteiger partial charge >= 0.3 is 0 Å². The van der Waals surface area contributed by atoms with Gasteiger partial charge in [0.05, 0.1) is 12.1 Å². The van der Waals surface area contributed by atoms with E-state index in [9.17, 15) is 4.79 Å². The van der Waals surface area contributed by atoms with Gasteiger partial charge in [-0.25, -0.2) is 0 Å². The first-order valence-corrected chi connectivity index (χ1v) is 6.86. The number of rotatable bonds is 1. The standard InChI is InChI=1S/C16H24N2O/c1-15(2,3)12-8-6-7-9-13(12)18-10-14(19)17-11-16(18,4)5/h6-9H,10-11H2,1-5H3,(H,17,19). The van der Waals surface area contributed by atoms with Crippen molar-refractivity contribution in [2.24, 2.45) is 0 Å². The molecule has 0 saturated carbocycles. The Kier molecular flexibility index (Phi) is 3.33. The summed E-state index contributed by atoms with van der Waals surface area (Å²) in [5, 5.41) is 2.95. The number of hydrogen-bond acceptors (Lipinski definition) is 2. The Bertz CT molecular complexity index is 486. The molecule has 104 valence electrons. The van der Waals surface area contributed by atoms with E-state index in [4.69, 9.17) is 0 Å². The van der Waals surface area contributed by atoms with Crippen LogP contribution in [0.4, 0.5) is 5.69 Å². The van der Waals surface area contributed by atoms with E-state index < -0.39 is 0 Å². The lowest BCUT2D eigenvalue weighted by molar-refractivity contribution is -0.121. The Hall–Kier alpha value is -1.51. The highest BCUT2D eigenvalue weighted by atomic mass is 16.2. The summed E-state index contributed by atoms with van der Waals surface area (Å²) >= 11 is 0. The van der Waals surface area contributed by atoms with Crippen LogP contribution in [-0.2, 0) is 10.2 Å². The Morgan fingerprint density at radius 3 is 2.47 bits per heavy atom. The van der Waals surface area contributed by atoms with Crippen LogP contribution in [0.15, 0.2) is 24.3 Å². The summed E-state index contributed by atoms with van der Waals surface area (Å²) in [6, 6.07) is 8.41. The van der Waals surface area contributed by atoms with E-state index in [1.54, 1.807) is 0 Å². The number of anilines is 1. The number of carbonyl (C=O) groups is 1. The van der Waals surface area contributed by atoms with Gasteiger partial charge < -0.3 is 10.2 Å². The monoisotopic (exact) mass is 260 g/mol. The van der Waals surface area contributed by atoms with Gasteiger partial charge in [0, 0.05) is 12.2 Å². The minimum absolute atomic E-state index is 0.0603. The molecule has 1 fully saturated rings. The van der Waals surface area contributed by atoms with Gasteiger partial charge in [-0.1, -0.05) is 39.0 Å². The molecule has 1 aromatic rings. The van der Waals surface area contributed by atoms with Gasteiger partial charge in [-0.15, -0.1) is 0 Å². The quantitative estimate of drug-likeness (QED) is 0.842. The minimum atomic E-state index is -0.0603.